The molecular weight excluding hydrogens is 164 g/mol. The summed E-state index contributed by atoms with van der Waals surface area (Å²) in [4.78, 5) is 0. The van der Waals surface area contributed by atoms with Crippen LogP contribution in [0.4, 0.5) is 0 Å². The Morgan fingerprint density at radius 1 is 1.08 bits per heavy atom. The fourth-order valence-corrected chi connectivity index (χ4v) is 1.31. The topological polar surface area (TPSA) is 40.5 Å². The van der Waals surface area contributed by atoms with Crippen molar-refractivity contribution in [3.8, 4) is 5.75 Å². The summed E-state index contributed by atoms with van der Waals surface area (Å²) in [6.07, 6.45) is 0. The molecule has 0 spiro atoms. The van der Waals surface area contributed by atoms with Gasteiger partial charge in [-0.3, -0.25) is 0 Å². The Balaban J connectivity index is 3.29. The van der Waals surface area contributed by atoms with Gasteiger partial charge in [-0.05, 0) is 56.5 Å². The van der Waals surface area contributed by atoms with Gasteiger partial charge in [-0.1, -0.05) is 0 Å². The number of phenolic OH excluding ortho intramolecular Hbond substituents is 1. The number of benzene rings is 1. The Hall–Kier alpha value is -1.02. The van der Waals surface area contributed by atoms with Gasteiger partial charge < -0.3 is 10.2 Å². The summed E-state index contributed by atoms with van der Waals surface area (Å²) in [5.74, 6) is 0.313. The molecule has 0 aliphatic heterocycles. The summed E-state index contributed by atoms with van der Waals surface area (Å²) in [6, 6.07) is 3.62. The fraction of sp³-hybridized carbons (Fsp3) is 0.455. The van der Waals surface area contributed by atoms with E-state index in [1.165, 1.54) is 0 Å². The average molecular weight is 180 g/mol. The van der Waals surface area contributed by atoms with Crippen molar-refractivity contribution in [3.05, 3.63) is 28.8 Å². The third-order valence-corrected chi connectivity index (χ3v) is 2.20. The first-order valence-corrected chi connectivity index (χ1v) is 4.35. The van der Waals surface area contributed by atoms with Crippen LogP contribution in [0.1, 0.15) is 30.5 Å². The predicted molar refractivity (Wildman–Crippen MR) is 52.8 cm³/mol. The van der Waals surface area contributed by atoms with Gasteiger partial charge in [0, 0.05) is 0 Å². The molecule has 0 amide bonds. The van der Waals surface area contributed by atoms with E-state index < -0.39 is 5.60 Å². The standard InChI is InChI=1S/C11H16O2/c1-7-5-9(11(3,4)13)6-8(2)10(7)12/h5-6,12-13H,1-4H3. The molecule has 0 saturated carbocycles. The highest BCUT2D eigenvalue weighted by Gasteiger charge is 2.17. The van der Waals surface area contributed by atoms with Crippen molar-refractivity contribution < 1.29 is 10.2 Å². The van der Waals surface area contributed by atoms with Gasteiger partial charge in [0.1, 0.15) is 5.75 Å². The van der Waals surface area contributed by atoms with E-state index in [9.17, 15) is 10.2 Å². The maximum absolute atomic E-state index is 9.75. The van der Waals surface area contributed by atoms with Crippen molar-refractivity contribution in [2.24, 2.45) is 0 Å². The van der Waals surface area contributed by atoms with E-state index in [4.69, 9.17) is 0 Å². The number of rotatable bonds is 1. The third kappa shape index (κ3) is 2.01. The maximum Gasteiger partial charge on any atom is 0.121 e. The fourth-order valence-electron chi connectivity index (χ4n) is 1.31. The minimum absolute atomic E-state index is 0.313. The quantitative estimate of drug-likeness (QED) is 0.695. The van der Waals surface area contributed by atoms with Gasteiger partial charge in [0.15, 0.2) is 0 Å². The third-order valence-electron chi connectivity index (χ3n) is 2.20. The summed E-state index contributed by atoms with van der Waals surface area (Å²) < 4.78 is 0. The molecule has 0 heterocycles. The second kappa shape index (κ2) is 3.04. The van der Waals surface area contributed by atoms with Crippen LogP contribution in [-0.4, -0.2) is 10.2 Å². The molecule has 2 nitrogen and oxygen atoms in total. The molecule has 2 heteroatoms. The molecule has 0 fully saturated rings. The van der Waals surface area contributed by atoms with Crippen molar-refractivity contribution in [2.45, 2.75) is 33.3 Å². The van der Waals surface area contributed by atoms with Crippen molar-refractivity contribution >= 4 is 0 Å². The molecule has 13 heavy (non-hydrogen) atoms. The second-order valence-corrected chi connectivity index (χ2v) is 4.02. The van der Waals surface area contributed by atoms with Crippen LogP contribution in [0, 0.1) is 13.8 Å². The van der Waals surface area contributed by atoms with E-state index in [0.29, 0.717) is 5.75 Å². The van der Waals surface area contributed by atoms with Crippen LogP contribution in [0.15, 0.2) is 12.1 Å². The van der Waals surface area contributed by atoms with Gasteiger partial charge in [-0.25, -0.2) is 0 Å². The number of aryl methyl sites for hydroxylation is 2. The van der Waals surface area contributed by atoms with Crippen LogP contribution >= 0.6 is 0 Å². The Morgan fingerprint density at radius 2 is 1.46 bits per heavy atom. The monoisotopic (exact) mass is 180 g/mol. The summed E-state index contributed by atoms with van der Waals surface area (Å²) in [6.45, 7) is 7.13. The van der Waals surface area contributed by atoms with Gasteiger partial charge in [-0.15, -0.1) is 0 Å². The van der Waals surface area contributed by atoms with Gasteiger partial charge in [0.25, 0.3) is 0 Å². The van der Waals surface area contributed by atoms with E-state index in [1.54, 1.807) is 13.8 Å². The summed E-state index contributed by atoms with van der Waals surface area (Å²) in [7, 11) is 0. The minimum Gasteiger partial charge on any atom is -0.507 e. The first-order chi connectivity index (χ1) is 5.82. The van der Waals surface area contributed by atoms with Crippen LogP contribution in [0.25, 0.3) is 0 Å². The Labute approximate surface area is 78.8 Å². The van der Waals surface area contributed by atoms with Crippen LogP contribution < -0.4 is 0 Å². The lowest BCUT2D eigenvalue weighted by atomic mass is 9.94. The molecule has 0 atom stereocenters. The molecule has 72 valence electrons. The smallest absolute Gasteiger partial charge is 0.121 e. The molecule has 0 unspecified atom stereocenters. The van der Waals surface area contributed by atoms with E-state index in [-0.39, 0.29) is 0 Å². The highest BCUT2D eigenvalue weighted by molar-refractivity contribution is 5.43. The number of aliphatic hydroxyl groups is 1. The lowest BCUT2D eigenvalue weighted by molar-refractivity contribution is 0.0784. The highest BCUT2D eigenvalue weighted by atomic mass is 16.3. The first kappa shape index (κ1) is 10.1. The predicted octanol–water partition coefficient (Wildman–Crippen LogP) is 2.24. The molecule has 0 saturated heterocycles. The van der Waals surface area contributed by atoms with Crippen LogP contribution in [0.3, 0.4) is 0 Å². The SMILES string of the molecule is Cc1cc(C(C)(C)O)cc(C)c1O. The van der Waals surface area contributed by atoms with E-state index in [0.717, 1.165) is 16.7 Å². The molecule has 0 aliphatic carbocycles. The Bertz CT molecular complexity index is 298. The normalized spacial score (nSPS) is 11.8. The molecule has 1 aromatic rings. The van der Waals surface area contributed by atoms with Crippen molar-refractivity contribution in [1.82, 2.24) is 0 Å². The van der Waals surface area contributed by atoms with E-state index in [2.05, 4.69) is 0 Å². The number of hydrogen-bond acceptors (Lipinski definition) is 2. The van der Waals surface area contributed by atoms with Gasteiger partial charge in [0.2, 0.25) is 0 Å². The second-order valence-electron chi connectivity index (χ2n) is 4.02. The van der Waals surface area contributed by atoms with Crippen molar-refractivity contribution in [2.75, 3.05) is 0 Å². The average Bonchev–Trinajstić information content (AvgIpc) is 1.97. The molecule has 2 N–H and O–H groups in total. The van der Waals surface area contributed by atoms with Crippen molar-refractivity contribution in [1.29, 1.82) is 0 Å². The number of aromatic hydroxyl groups is 1. The highest BCUT2D eigenvalue weighted by Crippen LogP contribution is 2.28. The van der Waals surface area contributed by atoms with E-state index >= 15 is 0 Å². The largest absolute Gasteiger partial charge is 0.507 e. The lowest BCUT2D eigenvalue weighted by Gasteiger charge is -2.19. The first-order valence-electron chi connectivity index (χ1n) is 4.35. The van der Waals surface area contributed by atoms with Crippen LogP contribution in [0.2, 0.25) is 0 Å². The molecule has 0 aromatic heterocycles. The molecule has 1 rings (SSSR count). The molecule has 0 radical (unpaired) electrons. The molecule has 1 aromatic carbocycles. The van der Waals surface area contributed by atoms with Crippen LogP contribution in [-0.2, 0) is 5.60 Å². The Kier molecular flexibility index (Phi) is 2.35. The minimum atomic E-state index is -0.844. The zero-order valence-corrected chi connectivity index (χ0v) is 8.55. The number of phenols is 1. The summed E-state index contributed by atoms with van der Waals surface area (Å²) in [5, 5.41) is 19.3. The van der Waals surface area contributed by atoms with Crippen LogP contribution in [0.5, 0.6) is 5.75 Å². The molecular formula is C11H16O2. The van der Waals surface area contributed by atoms with E-state index in [1.807, 2.05) is 26.0 Å². The van der Waals surface area contributed by atoms with Gasteiger partial charge in [0.05, 0.1) is 5.60 Å². The molecule has 0 aliphatic rings. The van der Waals surface area contributed by atoms with Gasteiger partial charge in [-0.2, -0.15) is 0 Å². The zero-order valence-electron chi connectivity index (χ0n) is 8.55. The summed E-state index contributed by atoms with van der Waals surface area (Å²) >= 11 is 0. The van der Waals surface area contributed by atoms with Crippen molar-refractivity contribution in [3.63, 3.8) is 0 Å². The maximum atomic E-state index is 9.75. The zero-order chi connectivity index (χ0) is 10.2. The molecule has 0 bridgehead atoms. The van der Waals surface area contributed by atoms with Gasteiger partial charge >= 0.3 is 0 Å². The summed E-state index contributed by atoms with van der Waals surface area (Å²) in [5.41, 5.74) is 1.60. The Morgan fingerprint density at radius 3 is 1.77 bits per heavy atom. The number of hydrogen-bond donors (Lipinski definition) is 2. The lowest BCUT2D eigenvalue weighted by Crippen LogP contribution is -2.15.